The number of pyridine rings is 1. The maximum absolute atomic E-state index is 12.0. The van der Waals surface area contributed by atoms with Crippen molar-refractivity contribution in [2.24, 2.45) is 5.92 Å². The van der Waals surface area contributed by atoms with Crippen molar-refractivity contribution in [2.75, 3.05) is 20.3 Å². The van der Waals surface area contributed by atoms with Crippen molar-refractivity contribution in [3.8, 4) is 5.75 Å². The number of thiophene rings is 1. The number of H-pyrrole nitrogens is 1. The summed E-state index contributed by atoms with van der Waals surface area (Å²) in [5.41, 5.74) is 0.942. The zero-order valence-corrected chi connectivity index (χ0v) is 13.0. The van der Waals surface area contributed by atoms with Crippen molar-refractivity contribution in [3.05, 3.63) is 50.6 Å². The monoisotopic (exact) mass is 322 g/mol. The van der Waals surface area contributed by atoms with Crippen LogP contribution in [0.15, 0.2) is 33.9 Å². The van der Waals surface area contributed by atoms with E-state index in [1.165, 1.54) is 19.4 Å². The van der Waals surface area contributed by atoms with Crippen molar-refractivity contribution >= 4 is 17.2 Å². The van der Waals surface area contributed by atoms with E-state index in [-0.39, 0.29) is 35.3 Å². The number of aromatic nitrogens is 1. The molecule has 0 aromatic carbocycles. The average Bonchev–Trinajstić information content (AvgIpc) is 3.03. The highest BCUT2D eigenvalue weighted by Crippen LogP contribution is 2.12. The zero-order valence-electron chi connectivity index (χ0n) is 12.2. The Labute approximate surface area is 131 Å². The lowest BCUT2D eigenvalue weighted by molar-refractivity contribution is 0.0935. The van der Waals surface area contributed by atoms with Crippen LogP contribution >= 0.6 is 11.3 Å². The molecule has 0 saturated heterocycles. The minimum absolute atomic E-state index is 0.0186. The second-order valence-corrected chi connectivity index (χ2v) is 5.65. The van der Waals surface area contributed by atoms with Gasteiger partial charge in [-0.2, -0.15) is 11.3 Å². The molecular formula is C15H18N2O4S. The second-order valence-electron chi connectivity index (χ2n) is 4.87. The topological polar surface area (TPSA) is 91.4 Å². The molecule has 118 valence electrons. The molecule has 0 fully saturated rings. The number of hydrogen-bond acceptors (Lipinski definition) is 5. The number of carbonyl (C=O) groups is 1. The van der Waals surface area contributed by atoms with Crippen molar-refractivity contribution < 1.29 is 14.6 Å². The Morgan fingerprint density at radius 1 is 1.55 bits per heavy atom. The van der Waals surface area contributed by atoms with Gasteiger partial charge in [-0.15, -0.1) is 0 Å². The third kappa shape index (κ3) is 4.19. The first-order chi connectivity index (χ1) is 10.6. The normalized spacial score (nSPS) is 11.9. The molecule has 2 rings (SSSR count). The Balaban J connectivity index is 1.93. The molecule has 6 nitrogen and oxygen atoms in total. The highest BCUT2D eigenvalue weighted by Gasteiger charge is 2.13. The first-order valence-electron chi connectivity index (χ1n) is 6.81. The van der Waals surface area contributed by atoms with Crippen molar-refractivity contribution in [1.29, 1.82) is 0 Å². The van der Waals surface area contributed by atoms with E-state index in [0.717, 1.165) is 5.56 Å². The predicted octanol–water partition coefficient (Wildman–Crippen LogP) is 1.03. The summed E-state index contributed by atoms with van der Waals surface area (Å²) in [5.74, 6) is -0.297. The van der Waals surface area contributed by atoms with Crippen LogP contribution in [0.25, 0.3) is 0 Å². The Hall–Kier alpha value is -2.12. The van der Waals surface area contributed by atoms with Gasteiger partial charge in [0.1, 0.15) is 5.69 Å². The van der Waals surface area contributed by atoms with E-state index in [1.807, 2.05) is 16.8 Å². The second kappa shape index (κ2) is 7.77. The fourth-order valence-corrected chi connectivity index (χ4v) is 2.71. The Morgan fingerprint density at radius 3 is 2.95 bits per heavy atom. The SMILES string of the molecule is COc1c[nH]c(C(=O)NC[C@H](CO)Cc2ccsc2)cc1=O. The summed E-state index contributed by atoms with van der Waals surface area (Å²) >= 11 is 1.60. The van der Waals surface area contributed by atoms with Crippen LogP contribution < -0.4 is 15.5 Å². The maximum Gasteiger partial charge on any atom is 0.267 e. The minimum Gasteiger partial charge on any atom is -0.491 e. The molecule has 0 spiro atoms. The van der Waals surface area contributed by atoms with Gasteiger partial charge < -0.3 is 20.1 Å². The van der Waals surface area contributed by atoms with Crippen LogP contribution in [0.4, 0.5) is 0 Å². The van der Waals surface area contributed by atoms with Crippen LogP contribution in [0.2, 0.25) is 0 Å². The van der Waals surface area contributed by atoms with Gasteiger partial charge in [-0.05, 0) is 28.8 Å². The van der Waals surface area contributed by atoms with E-state index in [9.17, 15) is 14.7 Å². The molecule has 0 aliphatic rings. The summed E-state index contributed by atoms with van der Waals surface area (Å²) in [4.78, 5) is 26.4. The number of carbonyl (C=O) groups excluding carboxylic acids is 1. The minimum atomic E-state index is -0.386. The van der Waals surface area contributed by atoms with Gasteiger partial charge in [0.05, 0.1) is 7.11 Å². The summed E-state index contributed by atoms with van der Waals surface area (Å²) < 4.78 is 4.85. The maximum atomic E-state index is 12.0. The molecule has 2 aromatic heterocycles. The van der Waals surface area contributed by atoms with Gasteiger partial charge >= 0.3 is 0 Å². The van der Waals surface area contributed by atoms with Gasteiger partial charge in [0.25, 0.3) is 5.91 Å². The standard InChI is InChI=1S/C15H18N2O4S/c1-21-14-7-16-12(5-13(14)19)15(20)17-6-11(8-18)4-10-2-3-22-9-10/h2-3,5,7,9,11,18H,4,6,8H2,1H3,(H,16,19)(H,17,20)/t11-/m1/s1. The number of aliphatic hydroxyl groups excluding tert-OH is 1. The number of hydrogen-bond donors (Lipinski definition) is 3. The zero-order chi connectivity index (χ0) is 15.9. The first-order valence-corrected chi connectivity index (χ1v) is 7.75. The number of nitrogens with one attached hydrogen (secondary N) is 2. The third-order valence-corrected chi connectivity index (χ3v) is 3.99. The number of rotatable bonds is 7. The lowest BCUT2D eigenvalue weighted by Gasteiger charge is -2.14. The predicted molar refractivity (Wildman–Crippen MR) is 84.5 cm³/mol. The third-order valence-electron chi connectivity index (χ3n) is 3.26. The van der Waals surface area contributed by atoms with Crippen LogP contribution in [0.1, 0.15) is 16.1 Å². The van der Waals surface area contributed by atoms with E-state index in [4.69, 9.17) is 4.74 Å². The Morgan fingerprint density at radius 2 is 2.36 bits per heavy atom. The lowest BCUT2D eigenvalue weighted by atomic mass is 10.0. The largest absolute Gasteiger partial charge is 0.491 e. The summed E-state index contributed by atoms with van der Waals surface area (Å²) in [6.45, 7) is 0.314. The molecule has 2 aromatic rings. The van der Waals surface area contributed by atoms with Gasteiger partial charge in [-0.3, -0.25) is 9.59 Å². The highest BCUT2D eigenvalue weighted by atomic mass is 32.1. The van der Waals surface area contributed by atoms with Crippen molar-refractivity contribution in [2.45, 2.75) is 6.42 Å². The molecule has 0 aliphatic carbocycles. The highest BCUT2D eigenvalue weighted by molar-refractivity contribution is 7.07. The summed E-state index contributed by atoms with van der Waals surface area (Å²) in [7, 11) is 1.39. The lowest BCUT2D eigenvalue weighted by Crippen LogP contribution is -2.32. The van der Waals surface area contributed by atoms with Crippen LogP contribution in [-0.4, -0.2) is 36.3 Å². The van der Waals surface area contributed by atoms with Gasteiger partial charge in [-0.1, -0.05) is 0 Å². The number of aromatic amines is 1. The Bertz CT molecular complexity index is 666. The molecule has 0 aliphatic heterocycles. The molecule has 0 saturated carbocycles. The first kappa shape index (κ1) is 16.3. The van der Waals surface area contributed by atoms with Crippen LogP contribution in [0.3, 0.4) is 0 Å². The molecule has 2 heterocycles. The molecule has 1 atom stereocenters. The fraction of sp³-hybridized carbons (Fsp3) is 0.333. The molecular weight excluding hydrogens is 304 g/mol. The molecule has 0 bridgehead atoms. The van der Waals surface area contributed by atoms with Crippen molar-refractivity contribution in [3.63, 3.8) is 0 Å². The van der Waals surface area contributed by atoms with Crippen LogP contribution in [-0.2, 0) is 6.42 Å². The molecule has 0 radical (unpaired) electrons. The molecule has 0 unspecified atom stereocenters. The number of aliphatic hydroxyl groups is 1. The van der Waals surface area contributed by atoms with Gasteiger partial charge in [0.15, 0.2) is 5.75 Å². The summed E-state index contributed by atoms with van der Waals surface area (Å²) in [6.07, 6.45) is 2.05. The summed E-state index contributed by atoms with van der Waals surface area (Å²) in [6, 6.07) is 3.19. The van der Waals surface area contributed by atoms with E-state index in [1.54, 1.807) is 11.3 Å². The number of amides is 1. The van der Waals surface area contributed by atoms with Crippen LogP contribution in [0.5, 0.6) is 5.75 Å². The smallest absolute Gasteiger partial charge is 0.267 e. The van der Waals surface area contributed by atoms with Gasteiger partial charge in [-0.25, -0.2) is 0 Å². The van der Waals surface area contributed by atoms with Crippen LogP contribution in [0, 0.1) is 5.92 Å². The van der Waals surface area contributed by atoms with E-state index in [0.29, 0.717) is 13.0 Å². The average molecular weight is 322 g/mol. The van der Waals surface area contributed by atoms with E-state index < -0.39 is 0 Å². The van der Waals surface area contributed by atoms with E-state index in [2.05, 4.69) is 10.3 Å². The molecule has 1 amide bonds. The van der Waals surface area contributed by atoms with Gasteiger partial charge in [0.2, 0.25) is 5.43 Å². The number of methoxy groups -OCH3 is 1. The number of ether oxygens (including phenoxy) is 1. The molecule has 3 N–H and O–H groups in total. The molecule has 7 heteroatoms. The fourth-order valence-electron chi connectivity index (χ4n) is 2.02. The Kier molecular flexibility index (Phi) is 5.74. The quantitative estimate of drug-likeness (QED) is 0.710. The van der Waals surface area contributed by atoms with E-state index >= 15 is 0 Å². The van der Waals surface area contributed by atoms with Crippen molar-refractivity contribution in [1.82, 2.24) is 10.3 Å². The summed E-state index contributed by atoms with van der Waals surface area (Å²) in [5, 5.41) is 16.1. The van der Waals surface area contributed by atoms with Gasteiger partial charge in [0, 0.05) is 31.3 Å². The molecule has 22 heavy (non-hydrogen) atoms.